The van der Waals surface area contributed by atoms with Gasteiger partial charge in [-0.25, -0.2) is 4.79 Å². The lowest BCUT2D eigenvalue weighted by Crippen LogP contribution is -2.32. The third-order valence-corrected chi connectivity index (χ3v) is 3.39. The van der Waals surface area contributed by atoms with Crippen molar-refractivity contribution in [1.29, 1.82) is 0 Å². The van der Waals surface area contributed by atoms with Crippen LogP contribution in [-0.4, -0.2) is 30.6 Å². The minimum Gasteiger partial charge on any atom is -0.460 e. The van der Waals surface area contributed by atoms with Gasteiger partial charge in [0.15, 0.2) is 0 Å². The summed E-state index contributed by atoms with van der Waals surface area (Å²) in [6, 6.07) is 3.56. The maximum absolute atomic E-state index is 11.5. The standard InChI is InChI=1S/C14H21NO3/c1-3-17-14(16)13-5-4-12(18-13)10-15-8-6-11(2)7-9-15/h4-5,11H,3,6-10H2,1-2H3. The van der Waals surface area contributed by atoms with Gasteiger partial charge in [0.1, 0.15) is 5.76 Å². The summed E-state index contributed by atoms with van der Waals surface area (Å²) < 4.78 is 10.4. The average Bonchev–Trinajstić information content (AvgIpc) is 2.81. The maximum atomic E-state index is 11.5. The average molecular weight is 251 g/mol. The molecule has 0 saturated carbocycles. The number of esters is 1. The molecular weight excluding hydrogens is 230 g/mol. The molecule has 0 bridgehead atoms. The quantitative estimate of drug-likeness (QED) is 0.772. The summed E-state index contributed by atoms with van der Waals surface area (Å²) in [5.74, 6) is 1.59. The minimum absolute atomic E-state index is 0.303. The van der Waals surface area contributed by atoms with Crippen LogP contribution in [0.4, 0.5) is 0 Å². The van der Waals surface area contributed by atoms with Crippen LogP contribution in [0.25, 0.3) is 0 Å². The zero-order chi connectivity index (χ0) is 13.0. The van der Waals surface area contributed by atoms with Crippen molar-refractivity contribution in [2.75, 3.05) is 19.7 Å². The largest absolute Gasteiger partial charge is 0.460 e. The molecule has 0 N–H and O–H groups in total. The first-order chi connectivity index (χ1) is 8.69. The number of furan rings is 1. The SMILES string of the molecule is CCOC(=O)c1ccc(CN2CCC(C)CC2)o1. The van der Waals surface area contributed by atoms with Gasteiger partial charge >= 0.3 is 5.97 Å². The van der Waals surface area contributed by atoms with Crippen LogP contribution in [0.1, 0.15) is 43.0 Å². The van der Waals surface area contributed by atoms with Gasteiger partial charge in [0.25, 0.3) is 0 Å². The Hall–Kier alpha value is -1.29. The zero-order valence-corrected chi connectivity index (χ0v) is 11.1. The van der Waals surface area contributed by atoms with E-state index in [0.717, 1.165) is 31.3 Å². The van der Waals surface area contributed by atoms with E-state index in [1.807, 2.05) is 6.07 Å². The number of hydrogen-bond donors (Lipinski definition) is 0. The highest BCUT2D eigenvalue weighted by atomic mass is 16.5. The molecule has 0 radical (unpaired) electrons. The number of carbonyl (C=O) groups is 1. The molecule has 4 heteroatoms. The number of rotatable bonds is 4. The molecule has 4 nitrogen and oxygen atoms in total. The molecule has 0 spiro atoms. The molecule has 18 heavy (non-hydrogen) atoms. The molecule has 0 unspecified atom stereocenters. The van der Waals surface area contributed by atoms with Gasteiger partial charge in [0, 0.05) is 0 Å². The van der Waals surface area contributed by atoms with Crippen molar-refractivity contribution in [3.63, 3.8) is 0 Å². The highest BCUT2D eigenvalue weighted by Crippen LogP contribution is 2.19. The molecule has 1 aromatic rings. The third kappa shape index (κ3) is 3.35. The maximum Gasteiger partial charge on any atom is 0.374 e. The first-order valence-electron chi connectivity index (χ1n) is 6.67. The van der Waals surface area contributed by atoms with E-state index in [9.17, 15) is 4.79 Å². The Kier molecular flexibility index (Phi) is 4.42. The monoisotopic (exact) mass is 251 g/mol. The Morgan fingerprint density at radius 3 is 2.83 bits per heavy atom. The molecule has 1 aliphatic heterocycles. The molecule has 1 saturated heterocycles. The Balaban J connectivity index is 1.88. The Morgan fingerprint density at radius 2 is 2.17 bits per heavy atom. The predicted octanol–water partition coefficient (Wildman–Crippen LogP) is 2.69. The third-order valence-electron chi connectivity index (χ3n) is 3.39. The fourth-order valence-electron chi connectivity index (χ4n) is 2.22. The van der Waals surface area contributed by atoms with Crippen molar-refractivity contribution in [2.45, 2.75) is 33.2 Å². The van der Waals surface area contributed by atoms with Gasteiger partial charge in [-0.3, -0.25) is 4.90 Å². The normalized spacial score (nSPS) is 17.9. The molecule has 1 aromatic heterocycles. The van der Waals surface area contributed by atoms with Crippen LogP contribution in [0.3, 0.4) is 0 Å². The smallest absolute Gasteiger partial charge is 0.374 e. The molecule has 0 amide bonds. The summed E-state index contributed by atoms with van der Waals surface area (Å²) >= 11 is 0. The second-order valence-corrected chi connectivity index (χ2v) is 4.95. The number of piperidine rings is 1. The lowest BCUT2D eigenvalue weighted by molar-refractivity contribution is 0.0485. The van der Waals surface area contributed by atoms with Crippen molar-refractivity contribution >= 4 is 5.97 Å². The van der Waals surface area contributed by atoms with E-state index in [-0.39, 0.29) is 5.97 Å². The molecular formula is C14H21NO3. The summed E-state index contributed by atoms with van der Waals surface area (Å²) in [4.78, 5) is 13.8. The Bertz CT molecular complexity index is 391. The molecule has 0 aliphatic carbocycles. The van der Waals surface area contributed by atoms with E-state index >= 15 is 0 Å². The predicted molar refractivity (Wildman–Crippen MR) is 68.3 cm³/mol. The second-order valence-electron chi connectivity index (χ2n) is 4.95. The van der Waals surface area contributed by atoms with Crippen LogP contribution in [-0.2, 0) is 11.3 Å². The van der Waals surface area contributed by atoms with Gasteiger partial charge in [0.05, 0.1) is 13.2 Å². The Morgan fingerprint density at radius 1 is 1.44 bits per heavy atom. The van der Waals surface area contributed by atoms with Crippen molar-refractivity contribution in [1.82, 2.24) is 4.90 Å². The zero-order valence-electron chi connectivity index (χ0n) is 11.1. The second kappa shape index (κ2) is 6.05. The van der Waals surface area contributed by atoms with Gasteiger partial charge in [-0.1, -0.05) is 6.92 Å². The van der Waals surface area contributed by atoms with Crippen LogP contribution >= 0.6 is 0 Å². The first kappa shape index (κ1) is 13.1. The highest BCUT2D eigenvalue weighted by Gasteiger charge is 2.18. The van der Waals surface area contributed by atoms with Crippen LogP contribution in [0.2, 0.25) is 0 Å². The summed E-state index contributed by atoms with van der Waals surface area (Å²) in [6.45, 7) is 7.46. The molecule has 100 valence electrons. The molecule has 0 atom stereocenters. The number of ether oxygens (including phenoxy) is 1. The summed E-state index contributed by atoms with van der Waals surface area (Å²) in [7, 11) is 0. The van der Waals surface area contributed by atoms with Crippen LogP contribution in [0.5, 0.6) is 0 Å². The van der Waals surface area contributed by atoms with Crippen LogP contribution in [0, 0.1) is 5.92 Å². The minimum atomic E-state index is -0.379. The van der Waals surface area contributed by atoms with E-state index in [0.29, 0.717) is 12.4 Å². The molecule has 1 fully saturated rings. The Labute approximate surface area is 108 Å². The number of likely N-dealkylation sites (tertiary alicyclic amines) is 1. The lowest BCUT2D eigenvalue weighted by atomic mass is 9.99. The topological polar surface area (TPSA) is 42.7 Å². The summed E-state index contributed by atoms with van der Waals surface area (Å²) in [5, 5.41) is 0. The highest BCUT2D eigenvalue weighted by molar-refractivity contribution is 5.86. The van der Waals surface area contributed by atoms with Gasteiger partial charge in [0.2, 0.25) is 5.76 Å². The van der Waals surface area contributed by atoms with Gasteiger partial charge in [-0.2, -0.15) is 0 Å². The summed E-state index contributed by atoms with van der Waals surface area (Å²) in [6.07, 6.45) is 2.48. The summed E-state index contributed by atoms with van der Waals surface area (Å²) in [5.41, 5.74) is 0. The van der Waals surface area contributed by atoms with Crippen molar-refractivity contribution in [3.05, 3.63) is 23.7 Å². The van der Waals surface area contributed by atoms with Crippen LogP contribution < -0.4 is 0 Å². The molecule has 2 heterocycles. The number of nitrogens with zero attached hydrogens (tertiary/aromatic N) is 1. The van der Waals surface area contributed by atoms with E-state index < -0.39 is 0 Å². The van der Waals surface area contributed by atoms with Crippen molar-refractivity contribution in [2.24, 2.45) is 5.92 Å². The van der Waals surface area contributed by atoms with Gasteiger partial charge in [-0.15, -0.1) is 0 Å². The van der Waals surface area contributed by atoms with E-state index in [4.69, 9.17) is 9.15 Å². The van der Waals surface area contributed by atoms with E-state index in [1.165, 1.54) is 12.8 Å². The van der Waals surface area contributed by atoms with Crippen molar-refractivity contribution < 1.29 is 13.9 Å². The van der Waals surface area contributed by atoms with Crippen molar-refractivity contribution in [3.8, 4) is 0 Å². The molecule has 0 aromatic carbocycles. The molecule has 1 aliphatic rings. The number of carbonyl (C=O) groups excluding carboxylic acids is 1. The van der Waals surface area contributed by atoms with Gasteiger partial charge in [-0.05, 0) is 50.9 Å². The van der Waals surface area contributed by atoms with E-state index in [2.05, 4.69) is 11.8 Å². The van der Waals surface area contributed by atoms with Gasteiger partial charge < -0.3 is 9.15 Å². The lowest BCUT2D eigenvalue weighted by Gasteiger charge is -2.29. The fraction of sp³-hybridized carbons (Fsp3) is 0.643. The fourth-order valence-corrected chi connectivity index (χ4v) is 2.22. The molecule has 2 rings (SSSR count). The number of hydrogen-bond acceptors (Lipinski definition) is 4. The van der Waals surface area contributed by atoms with Crippen LogP contribution in [0.15, 0.2) is 16.5 Å². The first-order valence-corrected chi connectivity index (χ1v) is 6.67. The van der Waals surface area contributed by atoms with E-state index in [1.54, 1.807) is 13.0 Å².